The molecule has 1 fully saturated rings. The third-order valence-electron chi connectivity index (χ3n) is 5.22. The van der Waals surface area contributed by atoms with E-state index in [1.54, 1.807) is 12.0 Å². The Balaban J connectivity index is 1.45. The van der Waals surface area contributed by atoms with Crippen LogP contribution in [0.4, 0.5) is 14.5 Å². The Kier molecular flexibility index (Phi) is 8.66. The van der Waals surface area contributed by atoms with Gasteiger partial charge in [-0.05, 0) is 48.0 Å². The van der Waals surface area contributed by atoms with Crippen LogP contribution in [0.25, 0.3) is 6.08 Å². The van der Waals surface area contributed by atoms with Crippen LogP contribution in [0.15, 0.2) is 48.5 Å². The van der Waals surface area contributed by atoms with Crippen LogP contribution in [0, 0.1) is 0 Å². The molecule has 0 N–H and O–H groups in total. The molecule has 0 aromatic heterocycles. The van der Waals surface area contributed by atoms with Crippen molar-refractivity contribution in [1.82, 2.24) is 4.90 Å². The summed E-state index contributed by atoms with van der Waals surface area (Å²) < 4.78 is 44.4. The largest absolute Gasteiger partial charge is 0.497 e. The van der Waals surface area contributed by atoms with Crippen molar-refractivity contribution < 1.29 is 37.3 Å². The van der Waals surface area contributed by atoms with Crippen molar-refractivity contribution in [3.05, 3.63) is 54.1 Å². The number of piperazine rings is 1. The number of carbonyl (C=O) groups excluding carboxylic acids is 2. The number of hydrogen-bond donors (Lipinski definition) is 0. The Morgan fingerprint density at radius 3 is 2.29 bits per heavy atom. The molecular formula is C24H26F2N2O6. The van der Waals surface area contributed by atoms with Crippen molar-refractivity contribution in [3.8, 4) is 17.2 Å². The molecule has 0 unspecified atom stereocenters. The summed E-state index contributed by atoms with van der Waals surface area (Å²) in [6.07, 6.45) is 2.58. The average Bonchev–Trinajstić information content (AvgIpc) is 2.86. The van der Waals surface area contributed by atoms with Crippen LogP contribution in [-0.4, -0.2) is 70.4 Å². The van der Waals surface area contributed by atoms with Crippen molar-refractivity contribution in [2.24, 2.45) is 0 Å². The Morgan fingerprint density at radius 1 is 0.971 bits per heavy atom. The highest BCUT2D eigenvalue weighted by molar-refractivity contribution is 5.89. The second kappa shape index (κ2) is 11.9. The predicted molar refractivity (Wildman–Crippen MR) is 121 cm³/mol. The molecule has 1 aliphatic heterocycles. The summed E-state index contributed by atoms with van der Waals surface area (Å²) in [5, 5.41) is 0. The second-order valence-electron chi connectivity index (χ2n) is 7.30. The number of ether oxygens (including phenoxy) is 4. The standard InChI is InChI=1S/C24H26F2N2O6/c1-31-19-7-5-18(6-8-19)27-11-13-28(14-12-27)22(29)16-33-23(30)10-4-17-3-9-20(34-24(25)26)21(15-17)32-2/h3-10,15,24H,11-14,16H2,1-2H3/b10-4+. The van der Waals surface area contributed by atoms with Gasteiger partial charge in [0.15, 0.2) is 18.1 Å². The fourth-order valence-corrected chi connectivity index (χ4v) is 3.42. The number of esters is 1. The summed E-state index contributed by atoms with van der Waals surface area (Å²) in [6.45, 7) is -0.974. The molecule has 34 heavy (non-hydrogen) atoms. The van der Waals surface area contributed by atoms with Crippen molar-refractivity contribution >= 4 is 23.6 Å². The molecule has 1 amide bonds. The van der Waals surface area contributed by atoms with E-state index in [-0.39, 0.29) is 24.0 Å². The first-order chi connectivity index (χ1) is 16.4. The minimum Gasteiger partial charge on any atom is -0.497 e. The lowest BCUT2D eigenvalue weighted by Gasteiger charge is -2.36. The summed E-state index contributed by atoms with van der Waals surface area (Å²) in [5.41, 5.74) is 1.56. The van der Waals surface area contributed by atoms with E-state index >= 15 is 0 Å². The number of anilines is 1. The number of amides is 1. The summed E-state index contributed by atoms with van der Waals surface area (Å²) in [7, 11) is 2.93. The molecule has 2 aromatic rings. The van der Waals surface area contributed by atoms with E-state index in [0.29, 0.717) is 31.7 Å². The molecule has 0 spiro atoms. The molecule has 10 heteroatoms. The van der Waals surface area contributed by atoms with Crippen LogP contribution in [-0.2, 0) is 14.3 Å². The van der Waals surface area contributed by atoms with E-state index < -0.39 is 12.6 Å². The molecule has 1 aliphatic rings. The van der Waals surface area contributed by atoms with Crippen LogP contribution in [0.3, 0.4) is 0 Å². The molecule has 0 aliphatic carbocycles. The molecule has 0 radical (unpaired) electrons. The van der Waals surface area contributed by atoms with Gasteiger partial charge in [0.05, 0.1) is 14.2 Å². The molecule has 0 saturated carbocycles. The zero-order valence-corrected chi connectivity index (χ0v) is 18.9. The predicted octanol–water partition coefficient (Wildman–Crippen LogP) is 3.21. The monoisotopic (exact) mass is 476 g/mol. The van der Waals surface area contributed by atoms with Crippen molar-refractivity contribution in [3.63, 3.8) is 0 Å². The van der Waals surface area contributed by atoms with Gasteiger partial charge in [0, 0.05) is 37.9 Å². The zero-order valence-electron chi connectivity index (χ0n) is 18.9. The van der Waals surface area contributed by atoms with Gasteiger partial charge in [-0.25, -0.2) is 4.79 Å². The lowest BCUT2D eigenvalue weighted by Crippen LogP contribution is -2.49. The molecule has 0 bridgehead atoms. The lowest BCUT2D eigenvalue weighted by molar-refractivity contribution is -0.148. The SMILES string of the molecule is COc1ccc(N2CCN(C(=O)COC(=O)/C=C/c3ccc(OC(F)F)c(OC)c3)CC2)cc1. The average molecular weight is 476 g/mol. The highest BCUT2D eigenvalue weighted by Gasteiger charge is 2.22. The highest BCUT2D eigenvalue weighted by Crippen LogP contribution is 2.29. The number of halogens is 2. The van der Waals surface area contributed by atoms with Gasteiger partial charge in [0.25, 0.3) is 5.91 Å². The highest BCUT2D eigenvalue weighted by atomic mass is 19.3. The topological polar surface area (TPSA) is 77.5 Å². The molecule has 1 heterocycles. The van der Waals surface area contributed by atoms with Crippen LogP contribution in [0.1, 0.15) is 5.56 Å². The van der Waals surface area contributed by atoms with E-state index in [0.717, 1.165) is 17.5 Å². The summed E-state index contributed by atoms with van der Waals surface area (Å²) in [6, 6.07) is 12.0. The number of nitrogens with zero attached hydrogens (tertiary/aromatic N) is 2. The van der Waals surface area contributed by atoms with Gasteiger partial charge in [0.2, 0.25) is 0 Å². The van der Waals surface area contributed by atoms with Gasteiger partial charge in [-0.2, -0.15) is 8.78 Å². The van der Waals surface area contributed by atoms with Crippen LogP contribution >= 0.6 is 0 Å². The maximum Gasteiger partial charge on any atom is 0.387 e. The first-order valence-corrected chi connectivity index (χ1v) is 10.5. The number of rotatable bonds is 9. The number of hydrogen-bond acceptors (Lipinski definition) is 7. The third-order valence-corrected chi connectivity index (χ3v) is 5.22. The van der Waals surface area contributed by atoms with E-state index in [9.17, 15) is 18.4 Å². The fourth-order valence-electron chi connectivity index (χ4n) is 3.42. The van der Waals surface area contributed by atoms with E-state index in [2.05, 4.69) is 9.64 Å². The maximum absolute atomic E-state index is 12.4. The number of carbonyl (C=O) groups is 2. The Labute approximate surface area is 196 Å². The van der Waals surface area contributed by atoms with Gasteiger partial charge in [-0.15, -0.1) is 0 Å². The molecule has 3 rings (SSSR count). The molecular weight excluding hydrogens is 450 g/mol. The first-order valence-electron chi connectivity index (χ1n) is 10.5. The molecule has 0 atom stereocenters. The Morgan fingerprint density at radius 2 is 1.68 bits per heavy atom. The van der Waals surface area contributed by atoms with Gasteiger partial charge in [-0.1, -0.05) is 6.07 Å². The lowest BCUT2D eigenvalue weighted by atomic mass is 10.2. The van der Waals surface area contributed by atoms with Crippen molar-refractivity contribution in [2.75, 3.05) is 51.9 Å². The van der Waals surface area contributed by atoms with Crippen LogP contribution < -0.4 is 19.1 Å². The molecule has 2 aromatic carbocycles. The number of methoxy groups -OCH3 is 2. The second-order valence-corrected chi connectivity index (χ2v) is 7.30. The van der Waals surface area contributed by atoms with E-state index in [1.807, 2.05) is 24.3 Å². The normalized spacial score (nSPS) is 13.8. The molecule has 8 nitrogen and oxygen atoms in total. The maximum atomic E-state index is 12.4. The quantitative estimate of drug-likeness (QED) is 0.406. The first kappa shape index (κ1) is 24.8. The molecule has 182 valence electrons. The van der Waals surface area contributed by atoms with E-state index in [4.69, 9.17) is 14.2 Å². The minimum atomic E-state index is -2.98. The van der Waals surface area contributed by atoms with Crippen molar-refractivity contribution in [1.29, 1.82) is 0 Å². The number of benzene rings is 2. The van der Waals surface area contributed by atoms with Crippen LogP contribution in [0.5, 0.6) is 17.2 Å². The summed E-state index contributed by atoms with van der Waals surface area (Å²) in [5.74, 6) is -0.205. The van der Waals surface area contributed by atoms with Crippen LogP contribution in [0.2, 0.25) is 0 Å². The van der Waals surface area contributed by atoms with Gasteiger partial charge < -0.3 is 28.7 Å². The van der Waals surface area contributed by atoms with Gasteiger partial charge in [-0.3, -0.25) is 4.79 Å². The molecule has 1 saturated heterocycles. The summed E-state index contributed by atoms with van der Waals surface area (Å²) >= 11 is 0. The zero-order chi connectivity index (χ0) is 24.5. The fraction of sp³-hybridized carbons (Fsp3) is 0.333. The van der Waals surface area contributed by atoms with Gasteiger partial charge in [0.1, 0.15) is 5.75 Å². The number of alkyl halides is 2. The smallest absolute Gasteiger partial charge is 0.387 e. The minimum absolute atomic E-state index is 0.0970. The Bertz CT molecular complexity index is 1010. The summed E-state index contributed by atoms with van der Waals surface area (Å²) in [4.78, 5) is 28.2. The Hall–Kier alpha value is -3.82. The third kappa shape index (κ3) is 6.84. The van der Waals surface area contributed by atoms with Crippen molar-refractivity contribution in [2.45, 2.75) is 6.61 Å². The van der Waals surface area contributed by atoms with Gasteiger partial charge >= 0.3 is 12.6 Å². The van der Waals surface area contributed by atoms with E-state index in [1.165, 1.54) is 31.4 Å².